The molecule has 0 radical (unpaired) electrons. The zero-order valence-corrected chi connectivity index (χ0v) is 8.91. The highest BCUT2D eigenvalue weighted by Gasteiger charge is 2.12. The Labute approximate surface area is 82.6 Å². The Morgan fingerprint density at radius 3 is 2.46 bits per heavy atom. The summed E-state index contributed by atoms with van der Waals surface area (Å²) < 4.78 is 22.4. The minimum Gasteiger partial charge on any atom is -0.388 e. The van der Waals surface area contributed by atoms with Gasteiger partial charge in [0.05, 0.1) is 9.92 Å². The fourth-order valence-electron chi connectivity index (χ4n) is 0.943. The van der Waals surface area contributed by atoms with Crippen molar-refractivity contribution in [3.05, 3.63) is 23.2 Å². The third-order valence-corrected chi connectivity index (χ3v) is 3.20. The van der Waals surface area contributed by atoms with E-state index < -0.39 is 9.84 Å². The molecule has 3 nitrogen and oxygen atoms in total. The number of halogens is 1. The molecule has 0 atom stereocenters. The summed E-state index contributed by atoms with van der Waals surface area (Å²) >= 11 is 5.73. The molecule has 0 spiro atoms. The molecule has 0 saturated carbocycles. The standard InChI is InChI=1S/C8H10ClNO2S/c1-10-6-3-4-7(9)8(5-6)13(2,11)12/h3-5,10H,1-2H3. The van der Waals surface area contributed by atoms with Crippen molar-refractivity contribution in [2.75, 3.05) is 18.6 Å². The van der Waals surface area contributed by atoms with Crippen molar-refractivity contribution < 1.29 is 8.42 Å². The number of rotatable bonds is 2. The molecule has 1 N–H and O–H groups in total. The van der Waals surface area contributed by atoms with Crippen molar-refractivity contribution in [1.29, 1.82) is 0 Å². The first-order valence-corrected chi connectivity index (χ1v) is 5.89. The summed E-state index contributed by atoms with van der Waals surface area (Å²) in [5.41, 5.74) is 0.727. The Morgan fingerprint density at radius 1 is 1.38 bits per heavy atom. The Morgan fingerprint density at radius 2 is 2.00 bits per heavy atom. The first-order chi connectivity index (χ1) is 5.95. The molecule has 13 heavy (non-hydrogen) atoms. The molecule has 0 saturated heterocycles. The van der Waals surface area contributed by atoms with Gasteiger partial charge in [-0.1, -0.05) is 11.6 Å². The van der Waals surface area contributed by atoms with Crippen LogP contribution in [0.4, 0.5) is 5.69 Å². The van der Waals surface area contributed by atoms with E-state index in [1.807, 2.05) is 0 Å². The second-order valence-corrected chi connectivity index (χ2v) is 5.06. The lowest BCUT2D eigenvalue weighted by Crippen LogP contribution is -1.99. The van der Waals surface area contributed by atoms with E-state index in [4.69, 9.17) is 11.6 Å². The highest BCUT2D eigenvalue weighted by Crippen LogP contribution is 2.24. The summed E-state index contributed by atoms with van der Waals surface area (Å²) in [6, 6.07) is 4.79. The Hall–Kier alpha value is -0.740. The second kappa shape index (κ2) is 3.55. The van der Waals surface area contributed by atoms with Gasteiger partial charge in [-0.25, -0.2) is 8.42 Å². The molecule has 0 bridgehead atoms. The first kappa shape index (κ1) is 10.3. The van der Waals surface area contributed by atoms with Gasteiger partial charge in [0, 0.05) is 19.0 Å². The average Bonchev–Trinajstić information content (AvgIpc) is 2.03. The zero-order valence-electron chi connectivity index (χ0n) is 7.33. The fourth-order valence-corrected chi connectivity index (χ4v) is 2.24. The van der Waals surface area contributed by atoms with E-state index in [0.29, 0.717) is 0 Å². The molecule has 1 aromatic carbocycles. The van der Waals surface area contributed by atoms with Crippen LogP contribution in [0, 0.1) is 0 Å². The van der Waals surface area contributed by atoms with Crippen molar-refractivity contribution in [2.45, 2.75) is 4.90 Å². The molecule has 0 heterocycles. The zero-order chi connectivity index (χ0) is 10.1. The summed E-state index contributed by atoms with van der Waals surface area (Å²) in [6.07, 6.45) is 1.13. The van der Waals surface area contributed by atoms with E-state index >= 15 is 0 Å². The van der Waals surface area contributed by atoms with Crippen molar-refractivity contribution in [2.24, 2.45) is 0 Å². The number of anilines is 1. The van der Waals surface area contributed by atoms with E-state index in [1.54, 1.807) is 19.2 Å². The Kier molecular flexibility index (Phi) is 2.83. The van der Waals surface area contributed by atoms with Gasteiger partial charge in [0.25, 0.3) is 0 Å². The normalized spacial score (nSPS) is 11.3. The molecule has 5 heteroatoms. The van der Waals surface area contributed by atoms with Gasteiger partial charge in [-0.15, -0.1) is 0 Å². The molecular formula is C8H10ClNO2S. The van der Waals surface area contributed by atoms with Crippen molar-refractivity contribution >= 4 is 27.1 Å². The lowest BCUT2D eigenvalue weighted by Gasteiger charge is -2.04. The highest BCUT2D eigenvalue weighted by molar-refractivity contribution is 7.90. The van der Waals surface area contributed by atoms with Gasteiger partial charge in [-0.05, 0) is 18.2 Å². The van der Waals surface area contributed by atoms with Crippen LogP contribution in [-0.2, 0) is 9.84 Å². The van der Waals surface area contributed by atoms with Crippen LogP contribution in [0.2, 0.25) is 5.02 Å². The fraction of sp³-hybridized carbons (Fsp3) is 0.250. The van der Waals surface area contributed by atoms with Crippen molar-refractivity contribution in [1.82, 2.24) is 0 Å². The van der Waals surface area contributed by atoms with Gasteiger partial charge in [0.15, 0.2) is 9.84 Å². The van der Waals surface area contributed by atoms with E-state index in [-0.39, 0.29) is 9.92 Å². The summed E-state index contributed by atoms with van der Waals surface area (Å²) in [5, 5.41) is 3.09. The van der Waals surface area contributed by atoms with Gasteiger partial charge < -0.3 is 5.32 Å². The molecule has 0 unspecified atom stereocenters. The maximum atomic E-state index is 11.2. The maximum absolute atomic E-state index is 11.2. The lowest BCUT2D eigenvalue weighted by molar-refractivity contribution is 0.602. The molecule has 0 aliphatic heterocycles. The van der Waals surface area contributed by atoms with Crippen molar-refractivity contribution in [3.63, 3.8) is 0 Å². The number of hydrogen-bond donors (Lipinski definition) is 1. The van der Waals surface area contributed by atoms with Gasteiger partial charge in [-0.2, -0.15) is 0 Å². The predicted molar refractivity (Wildman–Crippen MR) is 54.1 cm³/mol. The van der Waals surface area contributed by atoms with E-state index in [2.05, 4.69) is 5.32 Å². The molecule has 1 rings (SSSR count). The SMILES string of the molecule is CNc1ccc(Cl)c(S(C)(=O)=O)c1. The van der Waals surface area contributed by atoms with Gasteiger partial charge >= 0.3 is 0 Å². The smallest absolute Gasteiger partial charge is 0.177 e. The monoisotopic (exact) mass is 219 g/mol. The first-order valence-electron chi connectivity index (χ1n) is 3.62. The molecule has 0 fully saturated rings. The quantitative estimate of drug-likeness (QED) is 0.825. The lowest BCUT2D eigenvalue weighted by atomic mass is 10.3. The number of benzene rings is 1. The third-order valence-electron chi connectivity index (χ3n) is 1.62. The predicted octanol–water partition coefficient (Wildman–Crippen LogP) is 1.79. The highest BCUT2D eigenvalue weighted by atomic mass is 35.5. The van der Waals surface area contributed by atoms with Crippen LogP contribution in [-0.4, -0.2) is 21.7 Å². The minimum atomic E-state index is -3.24. The van der Waals surface area contributed by atoms with Crippen LogP contribution in [0.15, 0.2) is 23.1 Å². The minimum absolute atomic E-state index is 0.154. The van der Waals surface area contributed by atoms with Crippen LogP contribution in [0.3, 0.4) is 0 Å². The molecule has 0 aliphatic carbocycles. The summed E-state index contributed by atoms with van der Waals surface area (Å²) in [5.74, 6) is 0. The van der Waals surface area contributed by atoms with Gasteiger partial charge in [0.1, 0.15) is 0 Å². The average molecular weight is 220 g/mol. The molecular weight excluding hydrogens is 210 g/mol. The maximum Gasteiger partial charge on any atom is 0.177 e. The van der Waals surface area contributed by atoms with Gasteiger partial charge in [0.2, 0.25) is 0 Å². The molecule has 1 aromatic rings. The van der Waals surface area contributed by atoms with Crippen LogP contribution in [0.25, 0.3) is 0 Å². The van der Waals surface area contributed by atoms with Crippen molar-refractivity contribution in [3.8, 4) is 0 Å². The summed E-state index contributed by atoms with van der Waals surface area (Å²) in [7, 11) is -1.52. The number of hydrogen-bond acceptors (Lipinski definition) is 3. The van der Waals surface area contributed by atoms with Crippen LogP contribution in [0.1, 0.15) is 0 Å². The second-order valence-electron chi connectivity index (χ2n) is 2.67. The number of nitrogens with one attached hydrogen (secondary N) is 1. The van der Waals surface area contributed by atoms with Gasteiger partial charge in [-0.3, -0.25) is 0 Å². The summed E-state index contributed by atoms with van der Waals surface area (Å²) in [6.45, 7) is 0. The van der Waals surface area contributed by atoms with E-state index in [1.165, 1.54) is 6.07 Å². The Balaban J connectivity index is 3.36. The van der Waals surface area contributed by atoms with Crippen LogP contribution in [0.5, 0.6) is 0 Å². The largest absolute Gasteiger partial charge is 0.388 e. The van der Waals surface area contributed by atoms with E-state index in [9.17, 15) is 8.42 Å². The molecule has 0 aliphatic rings. The number of sulfone groups is 1. The summed E-state index contributed by atoms with van der Waals surface area (Å²) in [4.78, 5) is 0.154. The third kappa shape index (κ3) is 2.35. The van der Waals surface area contributed by atoms with E-state index in [0.717, 1.165) is 11.9 Å². The molecule has 0 aromatic heterocycles. The Bertz CT molecular complexity index is 414. The molecule has 0 amide bonds. The van der Waals surface area contributed by atoms with Crippen LogP contribution < -0.4 is 5.32 Å². The van der Waals surface area contributed by atoms with Crippen LogP contribution >= 0.6 is 11.6 Å². The molecule has 72 valence electrons. The topological polar surface area (TPSA) is 46.2 Å².